The van der Waals surface area contributed by atoms with Crippen LogP contribution in [-0.4, -0.2) is 72.6 Å². The van der Waals surface area contributed by atoms with Crippen molar-refractivity contribution >= 4 is 40.0 Å². The van der Waals surface area contributed by atoms with Crippen LogP contribution in [-0.2, 0) is 4.74 Å². The number of fused-ring (bicyclic) bond motifs is 1. The molecule has 1 N–H and O–H groups in total. The molecule has 0 amide bonds. The minimum absolute atomic E-state index is 0.0246. The number of likely N-dealkylation sites (tertiary alicyclic amines) is 1. The highest BCUT2D eigenvalue weighted by Gasteiger charge is 2.23. The Kier molecular flexibility index (Phi) is 7.55. The molecule has 0 bridgehead atoms. The Morgan fingerprint density at radius 3 is 2.67 bits per heavy atom. The first-order chi connectivity index (χ1) is 19.5. The number of rotatable bonds is 7. The maximum Gasteiger partial charge on any atom is 0.293 e. The molecule has 40 heavy (non-hydrogen) atoms. The molecule has 0 unspecified atom stereocenters. The van der Waals surface area contributed by atoms with Crippen molar-refractivity contribution in [1.82, 2.24) is 19.6 Å². The molecule has 4 aromatic rings. The maximum atomic E-state index is 14.8. The fraction of sp³-hybridized carbons (Fsp3) is 0.345. The largest absolute Gasteiger partial charge is 0.408 e. The van der Waals surface area contributed by atoms with Gasteiger partial charge in [0.05, 0.1) is 23.8 Å². The van der Waals surface area contributed by atoms with Crippen LogP contribution >= 0.6 is 11.6 Å². The lowest BCUT2D eigenvalue weighted by Crippen LogP contribution is -2.36. The highest BCUT2D eigenvalue weighted by Crippen LogP contribution is 2.30. The Morgan fingerprint density at radius 1 is 1.15 bits per heavy atom. The van der Waals surface area contributed by atoms with E-state index in [4.69, 9.17) is 21.2 Å². The Morgan fingerprint density at radius 2 is 1.95 bits per heavy atom. The molecule has 2 aromatic carbocycles. The van der Waals surface area contributed by atoms with Crippen molar-refractivity contribution in [1.29, 1.82) is 0 Å². The summed E-state index contributed by atoms with van der Waals surface area (Å²) in [6.07, 6.45) is 2.55. The minimum Gasteiger partial charge on any atom is -0.408 e. The van der Waals surface area contributed by atoms with E-state index in [0.717, 1.165) is 61.9 Å². The van der Waals surface area contributed by atoms with Crippen molar-refractivity contribution in [2.24, 2.45) is 5.92 Å². The Bertz CT molecular complexity index is 1550. The van der Waals surface area contributed by atoms with E-state index in [1.807, 2.05) is 24.3 Å². The summed E-state index contributed by atoms with van der Waals surface area (Å²) >= 11 is 6.33. The van der Waals surface area contributed by atoms with E-state index in [-0.39, 0.29) is 27.7 Å². The van der Waals surface area contributed by atoms with Gasteiger partial charge < -0.3 is 24.7 Å². The summed E-state index contributed by atoms with van der Waals surface area (Å²) in [7, 11) is 2.06. The van der Waals surface area contributed by atoms with E-state index in [1.165, 1.54) is 12.1 Å². The molecule has 1 atom stereocenters. The summed E-state index contributed by atoms with van der Waals surface area (Å²) in [5.74, 6) is -0.0228. The van der Waals surface area contributed by atoms with Crippen molar-refractivity contribution in [2.45, 2.75) is 6.42 Å². The summed E-state index contributed by atoms with van der Waals surface area (Å²) in [4.78, 5) is 33.4. The molecule has 2 aliphatic rings. The standard InChI is InChI=1S/C29H30ClFN6O3/c1-35-10-9-19(17-35)18-40-37-27-20(15-23(28(37)38)26-24(30)3-2-4-25(26)31)16-32-29(34-27)33-21-5-7-22(8-6-21)36-11-13-39-14-12-36/h2-8,15-16,19H,9-14,17-18H2,1H3,(H,32,33,34)/t19-/m0/s1. The van der Waals surface area contributed by atoms with E-state index in [9.17, 15) is 9.18 Å². The fourth-order valence-corrected chi connectivity index (χ4v) is 5.50. The van der Waals surface area contributed by atoms with E-state index in [0.29, 0.717) is 17.9 Å². The van der Waals surface area contributed by atoms with Crippen LogP contribution in [0, 0.1) is 11.7 Å². The summed E-state index contributed by atoms with van der Waals surface area (Å²) < 4.78 is 21.4. The topological polar surface area (TPSA) is 84.8 Å². The van der Waals surface area contributed by atoms with Gasteiger partial charge in [0.1, 0.15) is 12.4 Å². The lowest BCUT2D eigenvalue weighted by Gasteiger charge is -2.28. The average Bonchev–Trinajstić information content (AvgIpc) is 3.38. The lowest BCUT2D eigenvalue weighted by molar-refractivity contribution is 0.0833. The van der Waals surface area contributed by atoms with Gasteiger partial charge in [-0.2, -0.15) is 4.98 Å². The number of hydrogen-bond donors (Lipinski definition) is 1. The van der Waals surface area contributed by atoms with Gasteiger partial charge in [-0.3, -0.25) is 4.79 Å². The summed E-state index contributed by atoms with van der Waals surface area (Å²) in [6.45, 7) is 5.31. The van der Waals surface area contributed by atoms with Crippen molar-refractivity contribution < 1.29 is 14.0 Å². The molecule has 2 aliphatic heterocycles. The zero-order chi connectivity index (χ0) is 27.6. The highest BCUT2D eigenvalue weighted by atomic mass is 35.5. The summed E-state index contributed by atoms with van der Waals surface area (Å²) in [5.41, 5.74) is 1.78. The number of pyridine rings is 1. The van der Waals surface area contributed by atoms with Crippen LogP contribution in [0.4, 0.5) is 21.7 Å². The van der Waals surface area contributed by atoms with Gasteiger partial charge in [0.2, 0.25) is 5.95 Å². The van der Waals surface area contributed by atoms with Crippen molar-refractivity contribution in [3.63, 3.8) is 0 Å². The molecule has 9 nitrogen and oxygen atoms in total. The van der Waals surface area contributed by atoms with Crippen LogP contribution in [0.3, 0.4) is 0 Å². The van der Waals surface area contributed by atoms with E-state index >= 15 is 0 Å². The maximum absolute atomic E-state index is 14.8. The molecule has 2 aromatic heterocycles. The SMILES string of the molecule is CN1CC[C@H](COn2c(=O)c(-c3c(F)cccc3Cl)cc3cnc(Nc4ccc(N5CCOCC5)cc4)nc32)C1. The molecule has 0 spiro atoms. The predicted octanol–water partition coefficient (Wildman–Crippen LogP) is 4.21. The zero-order valence-corrected chi connectivity index (χ0v) is 22.9. The number of nitrogens with one attached hydrogen (secondary N) is 1. The third-order valence-electron chi connectivity index (χ3n) is 7.36. The molecule has 0 radical (unpaired) electrons. The van der Waals surface area contributed by atoms with Gasteiger partial charge in [0, 0.05) is 54.1 Å². The van der Waals surface area contributed by atoms with Crippen molar-refractivity contribution in [3.8, 4) is 11.1 Å². The molecule has 6 rings (SSSR count). The molecule has 2 saturated heterocycles. The van der Waals surface area contributed by atoms with E-state index in [1.54, 1.807) is 18.3 Å². The van der Waals surface area contributed by atoms with Gasteiger partial charge >= 0.3 is 0 Å². The first-order valence-electron chi connectivity index (χ1n) is 13.3. The number of ether oxygens (including phenoxy) is 1. The van der Waals surface area contributed by atoms with Crippen LogP contribution in [0.2, 0.25) is 5.02 Å². The van der Waals surface area contributed by atoms with Gasteiger partial charge in [-0.05, 0) is 62.5 Å². The Labute approximate surface area is 236 Å². The van der Waals surface area contributed by atoms with E-state index in [2.05, 4.69) is 32.1 Å². The number of halogens is 2. The molecule has 208 valence electrons. The van der Waals surface area contributed by atoms with Crippen molar-refractivity contribution in [3.05, 3.63) is 75.9 Å². The van der Waals surface area contributed by atoms with Gasteiger partial charge in [-0.25, -0.2) is 9.37 Å². The first-order valence-corrected chi connectivity index (χ1v) is 13.7. The first kappa shape index (κ1) is 26.5. The number of benzene rings is 2. The summed E-state index contributed by atoms with van der Waals surface area (Å²) in [6, 6.07) is 13.9. The lowest BCUT2D eigenvalue weighted by atomic mass is 10.1. The molecular formula is C29H30ClFN6O3. The highest BCUT2D eigenvalue weighted by molar-refractivity contribution is 6.33. The van der Waals surface area contributed by atoms with Crippen LogP contribution < -0.4 is 20.6 Å². The number of morpholine rings is 1. The Balaban J connectivity index is 1.34. The van der Waals surface area contributed by atoms with Gasteiger partial charge in [-0.15, -0.1) is 4.73 Å². The third-order valence-corrected chi connectivity index (χ3v) is 7.68. The van der Waals surface area contributed by atoms with Crippen LogP contribution in [0.1, 0.15) is 6.42 Å². The quantitative estimate of drug-likeness (QED) is 0.357. The zero-order valence-electron chi connectivity index (χ0n) is 22.1. The second-order valence-electron chi connectivity index (χ2n) is 10.2. The average molecular weight is 565 g/mol. The normalized spacial score (nSPS) is 17.9. The van der Waals surface area contributed by atoms with Gasteiger partial charge in [-0.1, -0.05) is 17.7 Å². The van der Waals surface area contributed by atoms with Crippen molar-refractivity contribution in [2.75, 3.05) is 63.3 Å². The number of anilines is 3. The molecule has 0 saturated carbocycles. The second-order valence-corrected chi connectivity index (χ2v) is 10.6. The third kappa shape index (κ3) is 5.47. The molecular weight excluding hydrogens is 535 g/mol. The number of aromatic nitrogens is 3. The molecule has 2 fully saturated rings. The number of nitrogens with zero attached hydrogens (tertiary/aromatic N) is 5. The summed E-state index contributed by atoms with van der Waals surface area (Å²) in [5, 5.41) is 3.87. The second kappa shape index (κ2) is 11.4. The minimum atomic E-state index is -0.590. The smallest absolute Gasteiger partial charge is 0.293 e. The fourth-order valence-electron chi connectivity index (χ4n) is 5.23. The van der Waals surface area contributed by atoms with Gasteiger partial charge in [0.25, 0.3) is 5.56 Å². The monoisotopic (exact) mass is 564 g/mol. The van der Waals surface area contributed by atoms with E-state index < -0.39 is 11.4 Å². The Hall–Kier alpha value is -3.73. The molecule has 4 heterocycles. The van der Waals surface area contributed by atoms with Crippen LogP contribution in [0.15, 0.2) is 59.5 Å². The molecule has 0 aliphatic carbocycles. The van der Waals surface area contributed by atoms with Crippen LogP contribution in [0.25, 0.3) is 22.2 Å². The van der Waals surface area contributed by atoms with Gasteiger partial charge in [0.15, 0.2) is 5.65 Å². The number of hydrogen-bond acceptors (Lipinski definition) is 8. The van der Waals surface area contributed by atoms with Crippen LogP contribution in [0.5, 0.6) is 0 Å². The predicted molar refractivity (Wildman–Crippen MR) is 154 cm³/mol. The molecule has 11 heteroatoms.